The van der Waals surface area contributed by atoms with Gasteiger partial charge in [0.05, 0.1) is 11.5 Å². The van der Waals surface area contributed by atoms with Crippen molar-refractivity contribution in [3.63, 3.8) is 0 Å². The Morgan fingerprint density at radius 3 is 2.59 bits per heavy atom. The highest BCUT2D eigenvalue weighted by Gasteiger charge is 2.32. The molecule has 0 aliphatic carbocycles. The Labute approximate surface area is 167 Å². The van der Waals surface area contributed by atoms with Crippen LogP contribution in [0.4, 0.5) is 13.2 Å². The van der Waals surface area contributed by atoms with Crippen molar-refractivity contribution in [2.45, 2.75) is 38.4 Å². The lowest BCUT2D eigenvalue weighted by Crippen LogP contribution is -2.46. The minimum atomic E-state index is -4.44. The van der Waals surface area contributed by atoms with E-state index in [1.54, 1.807) is 11.0 Å². The third-order valence-corrected chi connectivity index (χ3v) is 5.35. The van der Waals surface area contributed by atoms with E-state index >= 15 is 0 Å². The Morgan fingerprint density at radius 2 is 1.90 bits per heavy atom. The van der Waals surface area contributed by atoms with Gasteiger partial charge in [0.15, 0.2) is 0 Å². The number of nitrogens with zero attached hydrogens (tertiary/aromatic N) is 2. The topological polar surface area (TPSA) is 69.7 Å². The maximum Gasteiger partial charge on any atom is 0.416 e. The van der Waals surface area contributed by atoms with Crippen LogP contribution >= 0.6 is 0 Å². The average molecular weight is 411 g/mol. The summed E-state index contributed by atoms with van der Waals surface area (Å²) in [7, 11) is 0. The van der Waals surface area contributed by atoms with E-state index in [4.69, 9.17) is 0 Å². The summed E-state index contributed by atoms with van der Waals surface area (Å²) in [6, 6.07) is 4.88. The van der Waals surface area contributed by atoms with Crippen LogP contribution in [0.2, 0.25) is 0 Å². The summed E-state index contributed by atoms with van der Waals surface area (Å²) >= 11 is 0. The Morgan fingerprint density at radius 1 is 1.14 bits per heavy atom. The molecule has 1 aromatic carbocycles. The molecule has 9 heteroatoms. The van der Waals surface area contributed by atoms with Crippen molar-refractivity contribution < 1.29 is 27.6 Å². The molecule has 1 atom stereocenters. The van der Waals surface area contributed by atoms with Crippen molar-refractivity contribution in [1.82, 2.24) is 15.1 Å². The molecule has 0 unspecified atom stereocenters. The quantitative estimate of drug-likeness (QED) is 0.780. The summed E-state index contributed by atoms with van der Waals surface area (Å²) in [6.07, 6.45) is -2.47. The van der Waals surface area contributed by atoms with E-state index in [9.17, 15) is 27.6 Å². The van der Waals surface area contributed by atoms with Gasteiger partial charge in [0.25, 0.3) is 0 Å². The largest absolute Gasteiger partial charge is 0.416 e. The molecule has 1 N–H and O–H groups in total. The van der Waals surface area contributed by atoms with E-state index in [2.05, 4.69) is 5.32 Å². The van der Waals surface area contributed by atoms with Gasteiger partial charge in [0, 0.05) is 45.6 Å². The van der Waals surface area contributed by atoms with E-state index in [0.29, 0.717) is 38.0 Å². The van der Waals surface area contributed by atoms with E-state index in [1.165, 1.54) is 11.0 Å². The highest BCUT2D eigenvalue weighted by atomic mass is 19.4. The molecule has 0 spiro atoms. The number of likely N-dealkylation sites (tertiary alicyclic amines) is 2. The van der Waals surface area contributed by atoms with Crippen LogP contribution in [-0.2, 0) is 27.1 Å². The molecule has 158 valence electrons. The molecule has 2 heterocycles. The summed E-state index contributed by atoms with van der Waals surface area (Å²) in [5, 5.41) is 2.81. The minimum Gasteiger partial charge on any atom is -0.354 e. The molecule has 29 heavy (non-hydrogen) atoms. The van der Waals surface area contributed by atoms with Crippen LogP contribution in [0.15, 0.2) is 24.3 Å². The highest BCUT2D eigenvalue weighted by Crippen LogP contribution is 2.30. The van der Waals surface area contributed by atoms with E-state index in [1.807, 2.05) is 0 Å². The van der Waals surface area contributed by atoms with Crippen molar-refractivity contribution in [1.29, 1.82) is 0 Å². The number of hydrogen-bond donors (Lipinski definition) is 1. The molecule has 3 amide bonds. The molecule has 2 aliphatic heterocycles. The summed E-state index contributed by atoms with van der Waals surface area (Å²) < 4.78 is 38.7. The van der Waals surface area contributed by atoms with Crippen LogP contribution in [0.1, 0.15) is 36.8 Å². The molecule has 0 saturated carbocycles. The normalized spacial score (nSPS) is 20.3. The predicted octanol–water partition coefficient (Wildman–Crippen LogP) is 2.18. The lowest BCUT2D eigenvalue weighted by atomic mass is 9.96. The minimum absolute atomic E-state index is 0.0365. The zero-order valence-electron chi connectivity index (χ0n) is 16.0. The van der Waals surface area contributed by atoms with Crippen molar-refractivity contribution in [2.75, 3.05) is 26.2 Å². The number of carbonyl (C=O) groups excluding carboxylic acids is 3. The second-order valence-electron chi connectivity index (χ2n) is 7.48. The van der Waals surface area contributed by atoms with Gasteiger partial charge in [-0.25, -0.2) is 0 Å². The lowest BCUT2D eigenvalue weighted by Gasteiger charge is -2.32. The number of piperidine rings is 1. The van der Waals surface area contributed by atoms with Gasteiger partial charge in [-0.2, -0.15) is 13.2 Å². The summed E-state index contributed by atoms with van der Waals surface area (Å²) in [5.41, 5.74) is -0.382. The Bertz CT molecular complexity index is 782. The fraction of sp³-hybridized carbons (Fsp3) is 0.550. The molecule has 2 fully saturated rings. The lowest BCUT2D eigenvalue weighted by molar-refractivity contribution is -0.139. The molecule has 0 bridgehead atoms. The first kappa shape index (κ1) is 21.1. The van der Waals surface area contributed by atoms with Crippen LogP contribution in [0.25, 0.3) is 0 Å². The first-order valence-electron chi connectivity index (χ1n) is 9.73. The van der Waals surface area contributed by atoms with E-state index in [0.717, 1.165) is 18.6 Å². The van der Waals surface area contributed by atoms with E-state index < -0.39 is 17.7 Å². The molecule has 3 rings (SSSR count). The van der Waals surface area contributed by atoms with Crippen molar-refractivity contribution in [2.24, 2.45) is 5.92 Å². The average Bonchev–Trinajstić information content (AvgIpc) is 3.08. The molecular formula is C20H24F3N3O3. The Balaban J connectivity index is 1.54. The van der Waals surface area contributed by atoms with Crippen molar-refractivity contribution in [3.8, 4) is 0 Å². The number of nitrogens with one attached hydrogen (secondary N) is 1. The zero-order valence-corrected chi connectivity index (χ0v) is 16.0. The van der Waals surface area contributed by atoms with Crippen molar-refractivity contribution >= 4 is 17.7 Å². The van der Waals surface area contributed by atoms with Gasteiger partial charge >= 0.3 is 6.18 Å². The van der Waals surface area contributed by atoms with Crippen LogP contribution in [0.5, 0.6) is 0 Å². The van der Waals surface area contributed by atoms with Crippen LogP contribution < -0.4 is 5.32 Å². The summed E-state index contributed by atoms with van der Waals surface area (Å²) in [5.74, 6) is -0.685. The van der Waals surface area contributed by atoms with Crippen molar-refractivity contribution in [3.05, 3.63) is 35.4 Å². The molecule has 1 aromatic rings. The Kier molecular flexibility index (Phi) is 6.44. The van der Waals surface area contributed by atoms with Gasteiger partial charge in [0.1, 0.15) is 0 Å². The SMILES string of the molecule is O=C(NCCN1CCCC1=O)[C@H]1CCC(=O)N(Cc2cccc(C(F)(F)F)c2)C1. The maximum absolute atomic E-state index is 12.9. The first-order valence-corrected chi connectivity index (χ1v) is 9.73. The summed E-state index contributed by atoms with van der Waals surface area (Å²) in [6.45, 7) is 1.72. The smallest absolute Gasteiger partial charge is 0.354 e. The molecule has 0 radical (unpaired) electrons. The Hall–Kier alpha value is -2.58. The van der Waals surface area contributed by atoms with Gasteiger partial charge in [0.2, 0.25) is 17.7 Å². The van der Waals surface area contributed by atoms with Gasteiger partial charge in [-0.05, 0) is 30.5 Å². The maximum atomic E-state index is 12.9. The first-order chi connectivity index (χ1) is 13.7. The molecular weight excluding hydrogens is 387 g/mol. The third-order valence-electron chi connectivity index (χ3n) is 5.35. The summed E-state index contributed by atoms with van der Waals surface area (Å²) in [4.78, 5) is 39.4. The highest BCUT2D eigenvalue weighted by molar-refractivity contribution is 5.84. The number of carbonyl (C=O) groups is 3. The number of hydrogen-bond acceptors (Lipinski definition) is 3. The van der Waals surface area contributed by atoms with Crippen LogP contribution in [0, 0.1) is 5.92 Å². The van der Waals surface area contributed by atoms with Gasteiger partial charge in [-0.15, -0.1) is 0 Å². The fourth-order valence-electron chi connectivity index (χ4n) is 3.75. The predicted molar refractivity (Wildman–Crippen MR) is 98.4 cm³/mol. The fourth-order valence-corrected chi connectivity index (χ4v) is 3.75. The third kappa shape index (κ3) is 5.48. The van der Waals surface area contributed by atoms with E-state index in [-0.39, 0.29) is 37.2 Å². The number of alkyl halides is 3. The number of halogens is 3. The standard InChI is InChI=1S/C20H24F3N3O3/c21-20(22,23)16-4-1-3-14(11-16)12-26-13-15(6-7-18(26)28)19(29)24-8-10-25-9-2-5-17(25)27/h1,3-4,11,15H,2,5-10,12-13H2,(H,24,29)/t15-/m0/s1. The molecule has 0 aromatic heterocycles. The number of benzene rings is 1. The van der Waals surface area contributed by atoms with Gasteiger partial charge in [-0.3, -0.25) is 14.4 Å². The second-order valence-corrected chi connectivity index (χ2v) is 7.48. The van der Waals surface area contributed by atoms with Crippen LogP contribution in [-0.4, -0.2) is 53.7 Å². The second kappa shape index (κ2) is 8.84. The molecule has 2 saturated heterocycles. The number of amides is 3. The monoisotopic (exact) mass is 411 g/mol. The van der Waals surface area contributed by atoms with Gasteiger partial charge < -0.3 is 15.1 Å². The van der Waals surface area contributed by atoms with Gasteiger partial charge in [-0.1, -0.05) is 12.1 Å². The van der Waals surface area contributed by atoms with Crippen LogP contribution in [0.3, 0.4) is 0 Å². The molecule has 2 aliphatic rings. The molecule has 6 nitrogen and oxygen atoms in total. The number of rotatable bonds is 6. The zero-order chi connectivity index (χ0) is 21.0.